The first kappa shape index (κ1) is 9.51. The zero-order valence-corrected chi connectivity index (χ0v) is 9.18. The first-order valence-electron chi connectivity index (χ1n) is 5.73. The van der Waals surface area contributed by atoms with Crippen molar-refractivity contribution < 1.29 is 4.74 Å². The maximum Gasteiger partial charge on any atom is 0.0525 e. The maximum atomic E-state index is 5.58. The largest absolute Gasteiger partial charge is 0.381 e. The molecule has 0 amide bonds. The van der Waals surface area contributed by atoms with Gasteiger partial charge in [0.25, 0.3) is 0 Å². The van der Waals surface area contributed by atoms with Crippen molar-refractivity contribution in [3.05, 3.63) is 0 Å². The van der Waals surface area contributed by atoms with Gasteiger partial charge in [-0.1, -0.05) is 20.8 Å². The molecule has 13 heavy (non-hydrogen) atoms. The van der Waals surface area contributed by atoms with Crippen molar-refractivity contribution in [3.8, 4) is 0 Å². The molecule has 0 radical (unpaired) electrons. The van der Waals surface area contributed by atoms with Crippen LogP contribution >= 0.6 is 0 Å². The maximum absolute atomic E-state index is 5.58. The van der Waals surface area contributed by atoms with Crippen LogP contribution < -0.4 is 0 Å². The zero-order chi connectivity index (χ0) is 9.47. The second-order valence-electron chi connectivity index (χ2n) is 5.40. The number of hydrogen-bond acceptors (Lipinski definition) is 1. The summed E-state index contributed by atoms with van der Waals surface area (Å²) in [5, 5.41) is 0. The molecule has 1 saturated carbocycles. The molecule has 1 aliphatic carbocycles. The van der Waals surface area contributed by atoms with Crippen LogP contribution in [0.2, 0.25) is 0 Å². The molecule has 3 atom stereocenters. The minimum Gasteiger partial charge on any atom is -0.381 e. The summed E-state index contributed by atoms with van der Waals surface area (Å²) in [4.78, 5) is 0. The van der Waals surface area contributed by atoms with E-state index >= 15 is 0 Å². The molecule has 1 nitrogen and oxygen atoms in total. The van der Waals surface area contributed by atoms with Gasteiger partial charge in [-0.05, 0) is 42.4 Å². The van der Waals surface area contributed by atoms with Crippen LogP contribution in [0.4, 0.5) is 0 Å². The Morgan fingerprint density at radius 1 is 1.31 bits per heavy atom. The van der Waals surface area contributed by atoms with Crippen LogP contribution in [-0.2, 0) is 4.74 Å². The van der Waals surface area contributed by atoms with Gasteiger partial charge in [0.15, 0.2) is 0 Å². The van der Waals surface area contributed by atoms with Crippen LogP contribution in [0.15, 0.2) is 0 Å². The molecule has 2 aliphatic rings. The fourth-order valence-electron chi connectivity index (χ4n) is 3.48. The van der Waals surface area contributed by atoms with E-state index in [4.69, 9.17) is 4.74 Å². The quantitative estimate of drug-likeness (QED) is 0.605. The van der Waals surface area contributed by atoms with Gasteiger partial charge in [0.1, 0.15) is 0 Å². The molecule has 2 rings (SSSR count). The molecule has 0 aromatic rings. The lowest BCUT2D eigenvalue weighted by molar-refractivity contribution is 0.113. The molecule has 1 saturated heterocycles. The average molecular weight is 182 g/mol. The molecule has 0 bridgehead atoms. The smallest absolute Gasteiger partial charge is 0.0525 e. The highest BCUT2D eigenvalue weighted by atomic mass is 16.5. The van der Waals surface area contributed by atoms with Gasteiger partial charge in [-0.25, -0.2) is 0 Å². The third-order valence-electron chi connectivity index (χ3n) is 4.57. The molecule has 1 heteroatoms. The summed E-state index contributed by atoms with van der Waals surface area (Å²) >= 11 is 0. The van der Waals surface area contributed by atoms with Gasteiger partial charge in [0.05, 0.1) is 6.61 Å². The van der Waals surface area contributed by atoms with Crippen molar-refractivity contribution in [2.24, 2.45) is 23.2 Å². The highest BCUT2D eigenvalue weighted by Gasteiger charge is 2.48. The Hall–Kier alpha value is -0.0400. The predicted molar refractivity (Wildman–Crippen MR) is 54.6 cm³/mol. The zero-order valence-electron chi connectivity index (χ0n) is 9.18. The van der Waals surface area contributed by atoms with Crippen LogP contribution in [0.5, 0.6) is 0 Å². The molecule has 76 valence electrons. The molecule has 1 aliphatic heterocycles. The summed E-state index contributed by atoms with van der Waals surface area (Å²) in [6.07, 6.45) is 4.16. The third-order valence-corrected chi connectivity index (χ3v) is 4.57. The van der Waals surface area contributed by atoms with Crippen LogP contribution in [0.25, 0.3) is 0 Å². The number of ether oxygens (including phenoxy) is 1. The van der Waals surface area contributed by atoms with Crippen molar-refractivity contribution >= 4 is 0 Å². The monoisotopic (exact) mass is 182 g/mol. The molecule has 3 unspecified atom stereocenters. The third kappa shape index (κ3) is 1.41. The fraction of sp³-hybridized carbons (Fsp3) is 1.00. The minimum absolute atomic E-state index is 0.578. The first-order valence-corrected chi connectivity index (χ1v) is 5.73. The van der Waals surface area contributed by atoms with Gasteiger partial charge in [-0.15, -0.1) is 0 Å². The Morgan fingerprint density at radius 3 is 2.54 bits per heavy atom. The lowest BCUT2D eigenvalue weighted by Crippen LogP contribution is -2.28. The van der Waals surface area contributed by atoms with Crippen molar-refractivity contribution in [2.45, 2.75) is 40.0 Å². The van der Waals surface area contributed by atoms with Gasteiger partial charge in [0.2, 0.25) is 0 Å². The highest BCUT2D eigenvalue weighted by molar-refractivity contribution is 4.97. The summed E-state index contributed by atoms with van der Waals surface area (Å²) in [6.45, 7) is 9.24. The van der Waals surface area contributed by atoms with Crippen molar-refractivity contribution in [1.82, 2.24) is 0 Å². The Labute approximate surface area is 81.9 Å². The van der Waals surface area contributed by atoms with E-state index in [1.54, 1.807) is 0 Å². The van der Waals surface area contributed by atoms with E-state index in [1.807, 2.05) is 0 Å². The van der Waals surface area contributed by atoms with E-state index in [2.05, 4.69) is 20.8 Å². The van der Waals surface area contributed by atoms with Crippen molar-refractivity contribution in [1.29, 1.82) is 0 Å². The standard InChI is InChI=1S/C12H22O/c1-9(2)11-4-5-12(10(11)3)6-7-13-8-12/h9-11H,4-8H2,1-3H3. The molecule has 0 aromatic carbocycles. The van der Waals surface area contributed by atoms with E-state index in [9.17, 15) is 0 Å². The Balaban J connectivity index is 2.09. The first-order chi connectivity index (χ1) is 6.16. The van der Waals surface area contributed by atoms with Crippen molar-refractivity contribution in [3.63, 3.8) is 0 Å². The van der Waals surface area contributed by atoms with Crippen LogP contribution in [0, 0.1) is 23.2 Å². The molecular formula is C12H22O. The number of hydrogen-bond donors (Lipinski definition) is 0. The Bertz CT molecular complexity index is 180. The molecule has 2 fully saturated rings. The van der Waals surface area contributed by atoms with Crippen LogP contribution in [0.1, 0.15) is 40.0 Å². The SMILES string of the molecule is CC(C)C1CCC2(CCOC2)C1C. The average Bonchev–Trinajstić information content (AvgIpc) is 2.64. The molecule has 0 N–H and O–H groups in total. The molecular weight excluding hydrogens is 160 g/mol. The highest BCUT2D eigenvalue weighted by Crippen LogP contribution is 2.53. The van der Waals surface area contributed by atoms with E-state index in [-0.39, 0.29) is 0 Å². The summed E-state index contributed by atoms with van der Waals surface area (Å²) in [5.74, 6) is 2.69. The number of rotatable bonds is 1. The van der Waals surface area contributed by atoms with E-state index in [0.717, 1.165) is 31.0 Å². The van der Waals surface area contributed by atoms with Crippen molar-refractivity contribution in [2.75, 3.05) is 13.2 Å². The Morgan fingerprint density at radius 2 is 2.08 bits per heavy atom. The van der Waals surface area contributed by atoms with Gasteiger partial charge >= 0.3 is 0 Å². The summed E-state index contributed by atoms with van der Waals surface area (Å²) in [5.41, 5.74) is 0.578. The normalized spacial score (nSPS) is 45.2. The van der Waals surface area contributed by atoms with E-state index in [1.165, 1.54) is 19.3 Å². The van der Waals surface area contributed by atoms with Gasteiger partial charge < -0.3 is 4.74 Å². The summed E-state index contributed by atoms with van der Waals surface area (Å²) < 4.78 is 5.58. The Kier molecular flexibility index (Phi) is 2.39. The molecule has 0 aromatic heterocycles. The van der Waals surface area contributed by atoms with Gasteiger partial charge in [-0.3, -0.25) is 0 Å². The second kappa shape index (κ2) is 3.27. The van der Waals surface area contributed by atoms with Gasteiger partial charge in [-0.2, -0.15) is 0 Å². The van der Waals surface area contributed by atoms with E-state index in [0.29, 0.717) is 5.41 Å². The topological polar surface area (TPSA) is 9.23 Å². The summed E-state index contributed by atoms with van der Waals surface area (Å²) in [6, 6.07) is 0. The minimum atomic E-state index is 0.578. The van der Waals surface area contributed by atoms with Crippen LogP contribution in [-0.4, -0.2) is 13.2 Å². The van der Waals surface area contributed by atoms with E-state index < -0.39 is 0 Å². The predicted octanol–water partition coefficient (Wildman–Crippen LogP) is 3.10. The second-order valence-corrected chi connectivity index (χ2v) is 5.40. The lowest BCUT2D eigenvalue weighted by atomic mass is 9.74. The van der Waals surface area contributed by atoms with Gasteiger partial charge in [0, 0.05) is 6.61 Å². The fourth-order valence-corrected chi connectivity index (χ4v) is 3.48. The molecule has 1 spiro atoms. The van der Waals surface area contributed by atoms with Crippen LogP contribution in [0.3, 0.4) is 0 Å². The molecule has 1 heterocycles. The summed E-state index contributed by atoms with van der Waals surface area (Å²) in [7, 11) is 0. The lowest BCUT2D eigenvalue weighted by Gasteiger charge is -2.31.